The van der Waals surface area contributed by atoms with Gasteiger partial charge in [0.2, 0.25) is 0 Å². The first-order valence-corrected chi connectivity index (χ1v) is 6.72. The van der Waals surface area contributed by atoms with Crippen molar-refractivity contribution in [3.05, 3.63) is 24.3 Å². The van der Waals surface area contributed by atoms with Gasteiger partial charge in [0, 0.05) is 19.4 Å². The number of ketones is 1. The molecule has 1 aromatic rings. The van der Waals surface area contributed by atoms with Crippen molar-refractivity contribution < 1.29 is 14.3 Å². The lowest BCUT2D eigenvalue weighted by atomic mass is 10.1. The van der Waals surface area contributed by atoms with Crippen molar-refractivity contribution in [2.75, 3.05) is 11.4 Å². The van der Waals surface area contributed by atoms with Crippen LogP contribution in [-0.4, -0.2) is 24.3 Å². The van der Waals surface area contributed by atoms with Crippen LogP contribution in [0.2, 0.25) is 0 Å². The third-order valence-electron chi connectivity index (χ3n) is 3.31. The van der Waals surface area contributed by atoms with Gasteiger partial charge >= 0.3 is 0 Å². The molecule has 1 aliphatic rings. The number of carbonyl (C=O) groups excluding carboxylic acids is 2. The number of benzene rings is 1. The highest BCUT2D eigenvalue weighted by Crippen LogP contribution is 2.33. The van der Waals surface area contributed by atoms with Gasteiger partial charge in [-0.1, -0.05) is 19.1 Å². The summed E-state index contributed by atoms with van der Waals surface area (Å²) in [6.45, 7) is 4.18. The normalized spacial score (nSPS) is 17.9. The first-order chi connectivity index (χ1) is 9.13. The van der Waals surface area contributed by atoms with E-state index in [4.69, 9.17) is 4.74 Å². The monoisotopic (exact) mass is 261 g/mol. The molecule has 0 fully saturated rings. The van der Waals surface area contributed by atoms with Crippen molar-refractivity contribution in [1.29, 1.82) is 0 Å². The van der Waals surface area contributed by atoms with Gasteiger partial charge in [-0.2, -0.15) is 0 Å². The lowest BCUT2D eigenvalue weighted by molar-refractivity contribution is -0.125. The number of hydrogen-bond acceptors (Lipinski definition) is 3. The van der Waals surface area contributed by atoms with E-state index in [2.05, 4.69) is 0 Å². The summed E-state index contributed by atoms with van der Waals surface area (Å²) in [6.07, 6.45) is 1.32. The van der Waals surface area contributed by atoms with E-state index in [0.717, 1.165) is 11.4 Å². The van der Waals surface area contributed by atoms with Crippen molar-refractivity contribution in [3.8, 4) is 5.75 Å². The molecule has 19 heavy (non-hydrogen) atoms. The van der Waals surface area contributed by atoms with Crippen LogP contribution in [0.3, 0.4) is 0 Å². The largest absolute Gasteiger partial charge is 0.479 e. The number of rotatable bonds is 5. The molecule has 0 saturated carbocycles. The molecule has 1 unspecified atom stereocenters. The summed E-state index contributed by atoms with van der Waals surface area (Å²) in [7, 11) is 0. The quantitative estimate of drug-likeness (QED) is 0.818. The summed E-state index contributed by atoms with van der Waals surface area (Å²) < 4.78 is 5.56. The van der Waals surface area contributed by atoms with E-state index < -0.39 is 6.10 Å². The average Bonchev–Trinajstić information content (AvgIpc) is 2.42. The van der Waals surface area contributed by atoms with E-state index in [9.17, 15) is 9.59 Å². The van der Waals surface area contributed by atoms with Gasteiger partial charge in [0.25, 0.3) is 5.91 Å². The Morgan fingerprint density at radius 2 is 2.11 bits per heavy atom. The minimum absolute atomic E-state index is 0.0392. The SMILES string of the molecule is CCC(=O)CCCN1C(=O)C(C)Oc2ccccc21. The number of para-hydroxylation sites is 2. The molecule has 4 nitrogen and oxygen atoms in total. The highest BCUT2D eigenvalue weighted by atomic mass is 16.5. The molecule has 1 aliphatic heterocycles. The smallest absolute Gasteiger partial charge is 0.267 e. The molecule has 4 heteroatoms. The molecule has 0 radical (unpaired) electrons. The maximum atomic E-state index is 12.1. The Morgan fingerprint density at radius 1 is 1.37 bits per heavy atom. The Bertz CT molecular complexity index is 484. The molecule has 0 saturated heterocycles. The summed E-state index contributed by atoms with van der Waals surface area (Å²) in [6, 6.07) is 7.51. The maximum absolute atomic E-state index is 12.1. The number of Topliss-reactive ketones (excluding diaryl/α,β-unsaturated/α-hetero) is 1. The fourth-order valence-corrected chi connectivity index (χ4v) is 2.20. The molecule has 1 aromatic carbocycles. The van der Waals surface area contributed by atoms with Crippen LogP contribution in [0.15, 0.2) is 24.3 Å². The molecule has 0 bridgehead atoms. The standard InChI is InChI=1S/C15H19NO3/c1-3-12(17)7-6-10-16-13-8-4-5-9-14(13)19-11(2)15(16)18/h4-5,8-9,11H,3,6-7,10H2,1-2H3. The predicted octanol–water partition coefficient (Wildman–Crippen LogP) is 2.56. The molecule has 1 amide bonds. The van der Waals surface area contributed by atoms with E-state index >= 15 is 0 Å². The second-order valence-corrected chi connectivity index (χ2v) is 4.71. The van der Waals surface area contributed by atoms with E-state index in [0.29, 0.717) is 25.8 Å². The zero-order valence-electron chi connectivity index (χ0n) is 11.4. The zero-order valence-corrected chi connectivity index (χ0v) is 11.4. The van der Waals surface area contributed by atoms with Gasteiger partial charge in [0.05, 0.1) is 5.69 Å². The van der Waals surface area contributed by atoms with Crippen molar-refractivity contribution in [1.82, 2.24) is 0 Å². The Balaban J connectivity index is 2.10. The Morgan fingerprint density at radius 3 is 2.84 bits per heavy atom. The average molecular weight is 261 g/mol. The van der Waals surface area contributed by atoms with Crippen LogP contribution in [0.4, 0.5) is 5.69 Å². The maximum Gasteiger partial charge on any atom is 0.267 e. The summed E-state index contributed by atoms with van der Waals surface area (Å²) in [4.78, 5) is 25.2. The summed E-state index contributed by atoms with van der Waals surface area (Å²) in [5, 5.41) is 0. The lowest BCUT2D eigenvalue weighted by Gasteiger charge is -2.32. The molecular formula is C15H19NO3. The number of anilines is 1. The molecule has 102 valence electrons. The molecule has 2 rings (SSSR count). The van der Waals surface area contributed by atoms with Gasteiger partial charge in [-0.15, -0.1) is 0 Å². The van der Waals surface area contributed by atoms with Crippen LogP contribution in [0.25, 0.3) is 0 Å². The highest BCUT2D eigenvalue weighted by Gasteiger charge is 2.30. The van der Waals surface area contributed by atoms with Gasteiger partial charge in [-0.3, -0.25) is 9.59 Å². The number of amides is 1. The fraction of sp³-hybridized carbons (Fsp3) is 0.467. The third kappa shape index (κ3) is 2.95. The highest BCUT2D eigenvalue weighted by molar-refractivity contribution is 5.99. The van der Waals surface area contributed by atoms with Crippen LogP contribution in [0, 0.1) is 0 Å². The fourth-order valence-electron chi connectivity index (χ4n) is 2.20. The molecule has 0 aromatic heterocycles. The van der Waals surface area contributed by atoms with Gasteiger partial charge in [-0.25, -0.2) is 0 Å². The van der Waals surface area contributed by atoms with Crippen LogP contribution in [0.5, 0.6) is 5.75 Å². The van der Waals surface area contributed by atoms with Crippen molar-refractivity contribution in [2.45, 2.75) is 39.2 Å². The first-order valence-electron chi connectivity index (χ1n) is 6.72. The van der Waals surface area contributed by atoms with Crippen LogP contribution in [-0.2, 0) is 9.59 Å². The van der Waals surface area contributed by atoms with E-state index in [-0.39, 0.29) is 11.7 Å². The van der Waals surface area contributed by atoms with E-state index in [1.54, 1.807) is 11.8 Å². The molecule has 0 spiro atoms. The van der Waals surface area contributed by atoms with Crippen LogP contribution in [0.1, 0.15) is 33.1 Å². The van der Waals surface area contributed by atoms with Gasteiger partial charge in [0.15, 0.2) is 6.10 Å². The molecule has 1 heterocycles. The van der Waals surface area contributed by atoms with Gasteiger partial charge in [-0.05, 0) is 25.5 Å². The number of fused-ring (bicyclic) bond motifs is 1. The summed E-state index contributed by atoms with van der Waals surface area (Å²) in [5.74, 6) is 0.932. The van der Waals surface area contributed by atoms with E-state index in [1.807, 2.05) is 31.2 Å². The van der Waals surface area contributed by atoms with Gasteiger partial charge < -0.3 is 9.64 Å². The van der Waals surface area contributed by atoms with E-state index in [1.165, 1.54) is 0 Å². The molecule has 1 atom stereocenters. The predicted molar refractivity (Wildman–Crippen MR) is 73.4 cm³/mol. The Hall–Kier alpha value is -1.84. The number of ether oxygens (including phenoxy) is 1. The number of carbonyl (C=O) groups is 2. The van der Waals surface area contributed by atoms with Crippen LogP contribution >= 0.6 is 0 Å². The second kappa shape index (κ2) is 5.87. The molecule has 0 N–H and O–H groups in total. The number of nitrogens with zero attached hydrogens (tertiary/aromatic N) is 1. The Kier molecular flexibility index (Phi) is 4.20. The van der Waals surface area contributed by atoms with Crippen molar-refractivity contribution in [3.63, 3.8) is 0 Å². The molecule has 0 aliphatic carbocycles. The minimum Gasteiger partial charge on any atom is -0.479 e. The summed E-state index contributed by atoms with van der Waals surface area (Å²) >= 11 is 0. The topological polar surface area (TPSA) is 46.6 Å². The third-order valence-corrected chi connectivity index (χ3v) is 3.31. The van der Waals surface area contributed by atoms with Gasteiger partial charge in [0.1, 0.15) is 11.5 Å². The second-order valence-electron chi connectivity index (χ2n) is 4.71. The number of hydrogen-bond donors (Lipinski definition) is 0. The molecular weight excluding hydrogens is 242 g/mol. The Labute approximate surface area is 113 Å². The first kappa shape index (κ1) is 13.6. The summed E-state index contributed by atoms with van der Waals surface area (Å²) in [5.41, 5.74) is 0.801. The lowest BCUT2D eigenvalue weighted by Crippen LogP contribution is -2.44. The minimum atomic E-state index is -0.461. The van der Waals surface area contributed by atoms with Crippen LogP contribution < -0.4 is 9.64 Å². The van der Waals surface area contributed by atoms with Crippen molar-refractivity contribution in [2.24, 2.45) is 0 Å². The van der Waals surface area contributed by atoms with Crippen molar-refractivity contribution >= 4 is 17.4 Å². The zero-order chi connectivity index (χ0) is 13.8.